The van der Waals surface area contributed by atoms with Crippen LogP contribution in [0.4, 0.5) is 0 Å². The standard InChI is InChI=1S/C17H24ClN3O5S2/c1-19(2)21(14-9-11-27(23,24)12-14)17(22)16-4-3-10-20(16)28(25,26)15-7-5-13(18)6-8-15/h5-8,14,16H,3-4,9-12H2,1-2H3/t14-,16-/m1/s1. The number of amides is 1. The molecule has 2 saturated heterocycles. The van der Waals surface area contributed by atoms with Gasteiger partial charge in [-0.15, -0.1) is 0 Å². The number of hydrogen-bond donors (Lipinski definition) is 0. The summed E-state index contributed by atoms with van der Waals surface area (Å²) in [6.45, 7) is 0.242. The number of nitrogens with zero attached hydrogens (tertiary/aromatic N) is 3. The summed E-state index contributed by atoms with van der Waals surface area (Å²) < 4.78 is 51.1. The zero-order valence-corrected chi connectivity index (χ0v) is 18.2. The predicted molar refractivity (Wildman–Crippen MR) is 106 cm³/mol. The largest absolute Gasteiger partial charge is 0.272 e. The average Bonchev–Trinajstić information content (AvgIpc) is 3.22. The van der Waals surface area contributed by atoms with E-state index < -0.39 is 31.9 Å². The fourth-order valence-electron chi connectivity index (χ4n) is 3.84. The van der Waals surface area contributed by atoms with Crippen molar-refractivity contribution < 1.29 is 21.6 Å². The zero-order valence-electron chi connectivity index (χ0n) is 15.8. The minimum absolute atomic E-state index is 0.0345. The highest BCUT2D eigenvalue weighted by molar-refractivity contribution is 7.91. The molecule has 2 atom stereocenters. The van der Waals surface area contributed by atoms with Gasteiger partial charge in [0, 0.05) is 25.7 Å². The van der Waals surface area contributed by atoms with Gasteiger partial charge in [0.1, 0.15) is 6.04 Å². The monoisotopic (exact) mass is 449 g/mol. The first-order chi connectivity index (χ1) is 13.0. The number of hydrazine groups is 1. The van der Waals surface area contributed by atoms with Crippen molar-refractivity contribution in [2.45, 2.75) is 36.2 Å². The highest BCUT2D eigenvalue weighted by Gasteiger charge is 2.45. The van der Waals surface area contributed by atoms with Crippen LogP contribution in [-0.4, -0.2) is 81.3 Å². The van der Waals surface area contributed by atoms with Crippen molar-refractivity contribution in [3.63, 3.8) is 0 Å². The van der Waals surface area contributed by atoms with E-state index >= 15 is 0 Å². The highest BCUT2D eigenvalue weighted by atomic mass is 35.5. The molecule has 3 rings (SSSR count). The van der Waals surface area contributed by atoms with Gasteiger partial charge in [0.25, 0.3) is 5.91 Å². The molecule has 0 aliphatic carbocycles. The first kappa shape index (κ1) is 21.5. The molecule has 1 amide bonds. The summed E-state index contributed by atoms with van der Waals surface area (Å²) >= 11 is 5.85. The Morgan fingerprint density at radius 2 is 1.82 bits per heavy atom. The summed E-state index contributed by atoms with van der Waals surface area (Å²) in [7, 11) is -3.72. The fourth-order valence-corrected chi connectivity index (χ4v) is 7.31. The van der Waals surface area contributed by atoms with Crippen molar-refractivity contribution >= 4 is 37.4 Å². The predicted octanol–water partition coefficient (Wildman–Crippen LogP) is 0.985. The van der Waals surface area contributed by atoms with Crippen LogP contribution in [0.25, 0.3) is 0 Å². The van der Waals surface area contributed by atoms with Gasteiger partial charge >= 0.3 is 0 Å². The Morgan fingerprint density at radius 1 is 1.18 bits per heavy atom. The Kier molecular flexibility index (Phi) is 6.07. The topological polar surface area (TPSA) is 95.1 Å². The van der Waals surface area contributed by atoms with E-state index in [1.54, 1.807) is 19.1 Å². The summed E-state index contributed by atoms with van der Waals surface area (Å²) in [6.07, 6.45) is 1.31. The Bertz CT molecular complexity index is 948. The molecule has 2 aliphatic heterocycles. The number of carbonyl (C=O) groups is 1. The number of halogens is 1. The van der Waals surface area contributed by atoms with Gasteiger partial charge in [-0.05, 0) is 43.5 Å². The van der Waals surface area contributed by atoms with Crippen molar-refractivity contribution in [1.82, 2.24) is 14.3 Å². The van der Waals surface area contributed by atoms with Crippen LogP contribution in [-0.2, 0) is 24.7 Å². The number of sulfone groups is 1. The third kappa shape index (κ3) is 4.20. The number of sulfonamides is 1. The Balaban J connectivity index is 1.88. The molecule has 1 aromatic carbocycles. The van der Waals surface area contributed by atoms with E-state index in [4.69, 9.17) is 11.6 Å². The van der Waals surface area contributed by atoms with Crippen LogP contribution < -0.4 is 0 Å². The van der Waals surface area contributed by atoms with Gasteiger partial charge in [0.2, 0.25) is 10.0 Å². The smallest absolute Gasteiger partial charge is 0.255 e. The molecule has 2 heterocycles. The van der Waals surface area contributed by atoms with Crippen LogP contribution in [0.3, 0.4) is 0 Å². The highest BCUT2D eigenvalue weighted by Crippen LogP contribution is 2.30. The number of benzene rings is 1. The van der Waals surface area contributed by atoms with E-state index in [0.717, 1.165) is 0 Å². The van der Waals surface area contributed by atoms with E-state index in [0.29, 0.717) is 24.3 Å². The van der Waals surface area contributed by atoms with Crippen molar-refractivity contribution in [2.75, 3.05) is 32.1 Å². The fraction of sp³-hybridized carbons (Fsp3) is 0.588. The second-order valence-electron chi connectivity index (χ2n) is 7.31. The second kappa shape index (κ2) is 7.91. The van der Waals surface area contributed by atoms with Gasteiger partial charge < -0.3 is 0 Å². The molecular formula is C17H24ClN3O5S2. The van der Waals surface area contributed by atoms with Gasteiger partial charge in [-0.2, -0.15) is 4.31 Å². The lowest BCUT2D eigenvalue weighted by Crippen LogP contribution is -2.56. The zero-order chi connectivity index (χ0) is 20.7. The summed E-state index contributed by atoms with van der Waals surface area (Å²) in [5, 5.41) is 3.39. The van der Waals surface area contributed by atoms with Gasteiger partial charge in [0.05, 0.1) is 22.4 Å². The first-order valence-electron chi connectivity index (χ1n) is 9.01. The third-order valence-electron chi connectivity index (χ3n) is 5.12. The van der Waals surface area contributed by atoms with Gasteiger partial charge in [-0.3, -0.25) is 9.80 Å². The molecule has 0 bridgehead atoms. The molecule has 2 fully saturated rings. The minimum Gasteiger partial charge on any atom is -0.272 e. The van der Waals surface area contributed by atoms with E-state index in [-0.39, 0.29) is 28.9 Å². The molecule has 0 aromatic heterocycles. The van der Waals surface area contributed by atoms with Crippen LogP contribution >= 0.6 is 11.6 Å². The molecule has 0 N–H and O–H groups in total. The number of carbonyl (C=O) groups excluding carboxylic acids is 1. The van der Waals surface area contributed by atoms with Crippen molar-refractivity contribution in [3.8, 4) is 0 Å². The first-order valence-corrected chi connectivity index (χ1v) is 12.6. The molecule has 0 spiro atoms. The Labute approximate surface area is 171 Å². The SMILES string of the molecule is CN(C)N(C(=O)[C@H]1CCCN1S(=O)(=O)c1ccc(Cl)cc1)[C@@H]1CCS(=O)(=O)C1. The maximum atomic E-state index is 13.3. The Hall–Kier alpha value is -1.20. The van der Waals surface area contributed by atoms with Crippen molar-refractivity contribution in [1.29, 1.82) is 0 Å². The molecule has 156 valence electrons. The van der Waals surface area contributed by atoms with Crippen LogP contribution in [0.15, 0.2) is 29.2 Å². The summed E-state index contributed by atoms with van der Waals surface area (Å²) in [4.78, 5) is 13.4. The summed E-state index contributed by atoms with van der Waals surface area (Å²) in [5.74, 6) is -0.456. The van der Waals surface area contributed by atoms with Crippen LogP contribution in [0, 0.1) is 0 Å². The average molecular weight is 450 g/mol. The van der Waals surface area contributed by atoms with E-state index in [2.05, 4.69) is 0 Å². The lowest BCUT2D eigenvalue weighted by atomic mass is 10.1. The van der Waals surface area contributed by atoms with E-state index in [1.807, 2.05) is 0 Å². The quantitative estimate of drug-likeness (QED) is 0.622. The van der Waals surface area contributed by atoms with Crippen LogP contribution in [0.1, 0.15) is 19.3 Å². The van der Waals surface area contributed by atoms with Gasteiger partial charge in [-0.1, -0.05) is 11.6 Å². The molecule has 11 heteroatoms. The number of hydrogen-bond acceptors (Lipinski definition) is 6. The Morgan fingerprint density at radius 3 is 2.36 bits per heavy atom. The lowest BCUT2D eigenvalue weighted by molar-refractivity contribution is -0.152. The number of rotatable bonds is 5. The summed E-state index contributed by atoms with van der Waals surface area (Å²) in [6, 6.07) is 4.50. The molecular weight excluding hydrogens is 426 g/mol. The molecule has 0 radical (unpaired) electrons. The van der Waals surface area contributed by atoms with Crippen molar-refractivity contribution in [3.05, 3.63) is 29.3 Å². The van der Waals surface area contributed by atoms with Gasteiger partial charge in [-0.25, -0.2) is 21.8 Å². The van der Waals surface area contributed by atoms with E-state index in [1.165, 1.54) is 33.6 Å². The van der Waals surface area contributed by atoms with E-state index in [9.17, 15) is 21.6 Å². The lowest BCUT2D eigenvalue weighted by Gasteiger charge is -2.37. The molecule has 8 nitrogen and oxygen atoms in total. The normalized spacial score (nSPS) is 25.3. The molecule has 1 aromatic rings. The maximum Gasteiger partial charge on any atom is 0.255 e. The molecule has 28 heavy (non-hydrogen) atoms. The molecule has 0 unspecified atom stereocenters. The molecule has 0 saturated carbocycles. The van der Waals surface area contributed by atoms with Crippen molar-refractivity contribution in [2.24, 2.45) is 0 Å². The maximum absolute atomic E-state index is 13.3. The summed E-state index contributed by atoms with van der Waals surface area (Å²) in [5.41, 5.74) is 0. The molecule has 2 aliphatic rings. The minimum atomic E-state index is -3.86. The van der Waals surface area contributed by atoms with Crippen LogP contribution in [0.2, 0.25) is 5.02 Å². The van der Waals surface area contributed by atoms with Crippen LogP contribution in [0.5, 0.6) is 0 Å². The second-order valence-corrected chi connectivity index (χ2v) is 11.9. The third-order valence-corrected chi connectivity index (χ3v) is 9.04. The van der Waals surface area contributed by atoms with Gasteiger partial charge in [0.15, 0.2) is 9.84 Å².